The Balaban J connectivity index is 1.14. The summed E-state index contributed by atoms with van der Waals surface area (Å²) in [5.41, 5.74) is 15.7. The Bertz CT molecular complexity index is 3570. The molecular formula is C61H43N. The lowest BCUT2D eigenvalue weighted by Crippen LogP contribution is -2.17. The third kappa shape index (κ3) is 5.77. The molecule has 0 radical (unpaired) electrons. The zero-order valence-corrected chi connectivity index (χ0v) is 34.8. The minimum absolute atomic E-state index is 0.159. The first-order valence-corrected chi connectivity index (χ1v) is 21.7. The summed E-state index contributed by atoms with van der Waals surface area (Å²) >= 11 is 0. The van der Waals surface area contributed by atoms with Crippen LogP contribution in [0, 0.1) is 0 Å². The lowest BCUT2D eigenvalue weighted by molar-refractivity contribution is 0.660. The molecule has 0 heterocycles. The van der Waals surface area contributed by atoms with Crippen molar-refractivity contribution in [3.05, 3.63) is 236 Å². The van der Waals surface area contributed by atoms with Crippen molar-refractivity contribution in [2.75, 3.05) is 4.90 Å². The van der Waals surface area contributed by atoms with E-state index in [1.807, 2.05) is 0 Å². The summed E-state index contributed by atoms with van der Waals surface area (Å²) in [6, 6.07) is 83.3. The van der Waals surface area contributed by atoms with E-state index in [0.29, 0.717) is 0 Å². The average molecular weight is 790 g/mol. The molecule has 0 aromatic heterocycles. The van der Waals surface area contributed by atoms with Crippen LogP contribution in [-0.2, 0) is 5.41 Å². The molecule has 292 valence electrons. The van der Waals surface area contributed by atoms with Gasteiger partial charge in [0.25, 0.3) is 0 Å². The normalized spacial score (nSPS) is 12.8. The van der Waals surface area contributed by atoms with Crippen LogP contribution in [0.15, 0.2) is 224 Å². The van der Waals surface area contributed by atoms with Crippen molar-refractivity contribution in [3.8, 4) is 44.5 Å². The van der Waals surface area contributed by atoms with E-state index >= 15 is 0 Å². The highest BCUT2D eigenvalue weighted by Gasteiger charge is 2.36. The first-order chi connectivity index (χ1) is 30.5. The van der Waals surface area contributed by atoms with Crippen molar-refractivity contribution in [2.45, 2.75) is 19.3 Å². The standard InChI is InChI=1S/C61H43N/c1-61(2)57-27-12-11-25-54(57)55-34-33-49(39-58(55)61)62(48-21-13-20-44(37-48)56-38-45-19-7-8-22-50(45)52-23-9-10-24-53(52)56)59-28-14-26-51(46-31-29-40-15-3-5-17-42(40)35-46)60(59)47-32-30-41-16-4-6-18-43(41)36-47/h3-39H,1-2H3. The molecule has 0 spiro atoms. The molecule has 0 saturated heterocycles. The van der Waals surface area contributed by atoms with E-state index in [1.165, 1.54) is 98.7 Å². The summed E-state index contributed by atoms with van der Waals surface area (Å²) in [6.45, 7) is 4.75. The van der Waals surface area contributed by atoms with Gasteiger partial charge in [0.1, 0.15) is 0 Å². The fourth-order valence-corrected chi connectivity index (χ4v) is 10.3. The first kappa shape index (κ1) is 36.1. The minimum Gasteiger partial charge on any atom is -0.310 e. The van der Waals surface area contributed by atoms with E-state index in [-0.39, 0.29) is 5.41 Å². The molecule has 0 bridgehead atoms. The Hall–Kier alpha value is -7.74. The van der Waals surface area contributed by atoms with Crippen molar-refractivity contribution in [1.29, 1.82) is 0 Å². The van der Waals surface area contributed by atoms with Crippen LogP contribution in [0.5, 0.6) is 0 Å². The SMILES string of the molecule is CC1(C)c2ccccc2-c2ccc(N(c3cccc(-c4cc5ccccc5c5ccccc45)c3)c3cccc(-c4ccc5ccccc5c4)c3-c3ccc4ccccc4c3)cc21. The quantitative estimate of drug-likeness (QED) is 0.152. The van der Waals surface area contributed by atoms with Crippen LogP contribution in [0.4, 0.5) is 17.1 Å². The predicted octanol–water partition coefficient (Wildman–Crippen LogP) is 17.1. The second kappa shape index (κ2) is 14.2. The fraction of sp³-hybridized carbons (Fsp3) is 0.0492. The van der Waals surface area contributed by atoms with E-state index in [1.54, 1.807) is 0 Å². The average Bonchev–Trinajstić information content (AvgIpc) is 3.56. The number of nitrogens with zero attached hydrogens (tertiary/aromatic N) is 1. The number of hydrogen-bond donors (Lipinski definition) is 0. The largest absolute Gasteiger partial charge is 0.310 e. The molecule has 11 aromatic carbocycles. The lowest BCUT2D eigenvalue weighted by atomic mass is 9.82. The Kier molecular flexibility index (Phi) is 8.27. The van der Waals surface area contributed by atoms with Gasteiger partial charge in [-0.1, -0.05) is 190 Å². The molecule has 1 heteroatoms. The molecule has 62 heavy (non-hydrogen) atoms. The Labute approximate surface area is 362 Å². The van der Waals surface area contributed by atoms with Crippen LogP contribution in [0.1, 0.15) is 25.0 Å². The Morgan fingerprint density at radius 2 is 0.871 bits per heavy atom. The van der Waals surface area contributed by atoms with E-state index in [9.17, 15) is 0 Å². The predicted molar refractivity (Wildman–Crippen MR) is 265 cm³/mol. The molecular weight excluding hydrogens is 747 g/mol. The van der Waals surface area contributed by atoms with Crippen LogP contribution in [-0.4, -0.2) is 0 Å². The molecule has 12 rings (SSSR count). The summed E-state index contributed by atoms with van der Waals surface area (Å²) in [7, 11) is 0. The van der Waals surface area contributed by atoms with Crippen LogP contribution in [0.3, 0.4) is 0 Å². The summed E-state index contributed by atoms with van der Waals surface area (Å²) in [5.74, 6) is 0. The topological polar surface area (TPSA) is 3.24 Å². The molecule has 1 nitrogen and oxygen atoms in total. The van der Waals surface area contributed by atoms with E-state index < -0.39 is 0 Å². The van der Waals surface area contributed by atoms with Crippen LogP contribution in [0.2, 0.25) is 0 Å². The van der Waals surface area contributed by atoms with Gasteiger partial charge < -0.3 is 4.90 Å². The van der Waals surface area contributed by atoms with Crippen molar-refractivity contribution in [2.24, 2.45) is 0 Å². The van der Waals surface area contributed by atoms with Crippen molar-refractivity contribution < 1.29 is 0 Å². The van der Waals surface area contributed by atoms with Crippen LogP contribution >= 0.6 is 0 Å². The van der Waals surface area contributed by atoms with Gasteiger partial charge in [0.15, 0.2) is 0 Å². The number of fused-ring (bicyclic) bond motifs is 8. The third-order valence-corrected chi connectivity index (χ3v) is 13.4. The van der Waals surface area contributed by atoms with Crippen molar-refractivity contribution >= 4 is 60.2 Å². The van der Waals surface area contributed by atoms with Gasteiger partial charge >= 0.3 is 0 Å². The molecule has 0 amide bonds. The molecule has 11 aromatic rings. The zero-order chi connectivity index (χ0) is 41.4. The number of anilines is 3. The van der Waals surface area contributed by atoms with Crippen molar-refractivity contribution in [1.82, 2.24) is 0 Å². The summed E-state index contributed by atoms with van der Waals surface area (Å²) in [6.07, 6.45) is 0. The Morgan fingerprint density at radius 3 is 1.66 bits per heavy atom. The maximum Gasteiger partial charge on any atom is 0.0546 e. The minimum atomic E-state index is -0.159. The second-order valence-electron chi connectivity index (χ2n) is 17.3. The number of benzene rings is 11. The molecule has 0 atom stereocenters. The zero-order valence-electron chi connectivity index (χ0n) is 34.8. The summed E-state index contributed by atoms with van der Waals surface area (Å²) in [5, 5.41) is 9.95. The molecule has 0 N–H and O–H groups in total. The molecule has 1 aliphatic rings. The van der Waals surface area contributed by atoms with Gasteiger partial charge in [-0.3, -0.25) is 0 Å². The Morgan fingerprint density at radius 1 is 0.306 bits per heavy atom. The van der Waals surface area contributed by atoms with Crippen LogP contribution < -0.4 is 4.90 Å². The third-order valence-electron chi connectivity index (χ3n) is 13.4. The number of hydrogen-bond acceptors (Lipinski definition) is 1. The highest BCUT2D eigenvalue weighted by atomic mass is 15.1. The van der Waals surface area contributed by atoms with E-state index in [0.717, 1.165) is 17.1 Å². The van der Waals surface area contributed by atoms with Gasteiger partial charge in [0.05, 0.1) is 5.69 Å². The summed E-state index contributed by atoms with van der Waals surface area (Å²) < 4.78 is 0. The maximum absolute atomic E-state index is 2.52. The van der Waals surface area contributed by atoms with Crippen LogP contribution in [0.25, 0.3) is 87.6 Å². The van der Waals surface area contributed by atoms with Crippen molar-refractivity contribution in [3.63, 3.8) is 0 Å². The maximum atomic E-state index is 2.52. The van der Waals surface area contributed by atoms with Gasteiger partial charge in [-0.05, 0) is 142 Å². The van der Waals surface area contributed by atoms with Gasteiger partial charge in [-0.25, -0.2) is 0 Å². The van der Waals surface area contributed by atoms with Gasteiger partial charge in [-0.15, -0.1) is 0 Å². The van der Waals surface area contributed by atoms with Gasteiger partial charge in [-0.2, -0.15) is 0 Å². The highest BCUT2D eigenvalue weighted by Crippen LogP contribution is 2.52. The number of rotatable bonds is 6. The first-order valence-electron chi connectivity index (χ1n) is 21.7. The van der Waals surface area contributed by atoms with E-state index in [4.69, 9.17) is 0 Å². The van der Waals surface area contributed by atoms with Gasteiger partial charge in [0, 0.05) is 22.4 Å². The molecule has 0 unspecified atom stereocenters. The molecule has 1 aliphatic carbocycles. The summed E-state index contributed by atoms with van der Waals surface area (Å²) in [4.78, 5) is 2.52. The smallest absolute Gasteiger partial charge is 0.0546 e. The monoisotopic (exact) mass is 789 g/mol. The highest BCUT2D eigenvalue weighted by molar-refractivity contribution is 6.14. The fourth-order valence-electron chi connectivity index (χ4n) is 10.3. The molecule has 0 saturated carbocycles. The molecule has 0 fully saturated rings. The second-order valence-corrected chi connectivity index (χ2v) is 17.3. The molecule has 0 aliphatic heterocycles. The van der Waals surface area contributed by atoms with E-state index in [2.05, 4.69) is 243 Å². The lowest BCUT2D eigenvalue weighted by Gasteiger charge is -2.31. The van der Waals surface area contributed by atoms with Gasteiger partial charge in [0.2, 0.25) is 0 Å².